The fraction of sp³-hybridized carbons (Fsp3) is 0.889. The summed E-state index contributed by atoms with van der Waals surface area (Å²) >= 11 is 0. The number of carbonyl (C=O) groups is 1. The number of aliphatic hydroxyl groups is 2. The summed E-state index contributed by atoms with van der Waals surface area (Å²) in [7, 11) is 0. The first kappa shape index (κ1) is 11.4. The molecule has 14 heavy (non-hydrogen) atoms. The van der Waals surface area contributed by atoms with Gasteiger partial charge in [0.2, 0.25) is 5.91 Å². The molecule has 0 spiro atoms. The second-order valence-corrected chi connectivity index (χ2v) is 3.87. The topological polar surface area (TPSA) is 78.8 Å². The molecule has 0 saturated carbocycles. The highest BCUT2D eigenvalue weighted by molar-refractivity contribution is 5.81. The normalized spacial score (nSPS) is 22.4. The van der Waals surface area contributed by atoms with Crippen LogP contribution in [0.3, 0.4) is 0 Å². The fourth-order valence-corrected chi connectivity index (χ4v) is 1.29. The zero-order valence-electron chi connectivity index (χ0n) is 8.32. The summed E-state index contributed by atoms with van der Waals surface area (Å²) in [6.07, 6.45) is 1.17. The zero-order chi connectivity index (χ0) is 10.6. The molecule has 1 aliphatic rings. The minimum absolute atomic E-state index is 0.256. The summed E-state index contributed by atoms with van der Waals surface area (Å²) in [4.78, 5) is 11.5. The minimum Gasteiger partial charge on any atom is -0.394 e. The summed E-state index contributed by atoms with van der Waals surface area (Å²) in [6.45, 7) is 1.61. The van der Waals surface area contributed by atoms with Gasteiger partial charge in [0, 0.05) is 6.61 Å². The Morgan fingerprint density at radius 1 is 1.57 bits per heavy atom. The Bertz CT molecular complexity index is 197. The number of ether oxygens (including phenoxy) is 1. The van der Waals surface area contributed by atoms with E-state index in [-0.39, 0.29) is 19.1 Å². The molecule has 1 rings (SSSR count). The molecule has 5 nitrogen and oxygen atoms in total. The highest BCUT2D eigenvalue weighted by Gasteiger charge is 2.30. The van der Waals surface area contributed by atoms with Crippen LogP contribution in [0.5, 0.6) is 0 Å². The van der Waals surface area contributed by atoms with Gasteiger partial charge in [0.05, 0.1) is 18.8 Å². The van der Waals surface area contributed by atoms with Crippen molar-refractivity contribution in [2.75, 3.05) is 19.8 Å². The third kappa shape index (κ3) is 2.67. The van der Waals surface area contributed by atoms with Crippen LogP contribution in [-0.2, 0) is 9.53 Å². The Morgan fingerprint density at radius 3 is 2.64 bits per heavy atom. The fourth-order valence-electron chi connectivity index (χ4n) is 1.29. The van der Waals surface area contributed by atoms with E-state index in [9.17, 15) is 4.79 Å². The van der Waals surface area contributed by atoms with Crippen LogP contribution in [0.15, 0.2) is 0 Å². The van der Waals surface area contributed by atoms with E-state index in [1.165, 1.54) is 0 Å². The van der Waals surface area contributed by atoms with Gasteiger partial charge < -0.3 is 20.3 Å². The predicted molar refractivity (Wildman–Crippen MR) is 49.7 cm³/mol. The standard InChI is InChI=1S/C9H17NO4/c1-9(5-11,6-12)10-8(13)7-3-2-4-14-7/h7,11-12H,2-6H2,1H3,(H,10,13)/t7-/m1/s1. The van der Waals surface area contributed by atoms with Gasteiger partial charge in [-0.2, -0.15) is 0 Å². The molecule has 1 saturated heterocycles. The van der Waals surface area contributed by atoms with Crippen molar-refractivity contribution in [1.29, 1.82) is 0 Å². The molecule has 1 atom stereocenters. The Balaban J connectivity index is 2.45. The second-order valence-electron chi connectivity index (χ2n) is 3.87. The third-order valence-electron chi connectivity index (χ3n) is 2.35. The first-order chi connectivity index (χ1) is 6.61. The molecular formula is C9H17NO4. The Labute approximate surface area is 83.1 Å². The maximum absolute atomic E-state index is 11.5. The van der Waals surface area contributed by atoms with E-state index in [2.05, 4.69) is 5.32 Å². The van der Waals surface area contributed by atoms with Gasteiger partial charge in [-0.05, 0) is 19.8 Å². The van der Waals surface area contributed by atoms with E-state index < -0.39 is 11.6 Å². The number of hydrogen-bond acceptors (Lipinski definition) is 4. The Morgan fingerprint density at radius 2 is 2.21 bits per heavy atom. The molecule has 3 N–H and O–H groups in total. The maximum atomic E-state index is 11.5. The van der Waals surface area contributed by atoms with Gasteiger partial charge >= 0.3 is 0 Å². The quantitative estimate of drug-likeness (QED) is 0.549. The average Bonchev–Trinajstić information content (AvgIpc) is 2.70. The van der Waals surface area contributed by atoms with Crippen LogP contribution in [0, 0.1) is 0 Å². The molecule has 5 heteroatoms. The van der Waals surface area contributed by atoms with Crippen molar-refractivity contribution in [3.05, 3.63) is 0 Å². The van der Waals surface area contributed by atoms with E-state index in [1.807, 2.05) is 0 Å². The van der Waals surface area contributed by atoms with E-state index in [1.54, 1.807) is 6.92 Å². The van der Waals surface area contributed by atoms with Crippen LogP contribution in [0.2, 0.25) is 0 Å². The first-order valence-electron chi connectivity index (χ1n) is 4.76. The van der Waals surface area contributed by atoms with Crippen LogP contribution in [0.4, 0.5) is 0 Å². The number of hydrogen-bond donors (Lipinski definition) is 3. The van der Waals surface area contributed by atoms with Crippen LogP contribution in [0.1, 0.15) is 19.8 Å². The lowest BCUT2D eigenvalue weighted by atomic mass is 10.0. The largest absolute Gasteiger partial charge is 0.394 e. The molecule has 82 valence electrons. The number of aliphatic hydroxyl groups excluding tert-OH is 2. The molecule has 0 aliphatic carbocycles. The van der Waals surface area contributed by atoms with E-state index in [0.29, 0.717) is 13.0 Å². The minimum atomic E-state index is -0.955. The third-order valence-corrected chi connectivity index (χ3v) is 2.35. The lowest BCUT2D eigenvalue weighted by molar-refractivity contribution is -0.133. The number of nitrogens with one attached hydrogen (secondary N) is 1. The van der Waals surface area contributed by atoms with Gasteiger partial charge in [0.15, 0.2) is 0 Å². The summed E-state index contributed by atoms with van der Waals surface area (Å²) in [6, 6.07) is 0. The Hall–Kier alpha value is -0.650. The molecule has 1 aliphatic heterocycles. The van der Waals surface area contributed by atoms with Gasteiger partial charge in [-0.15, -0.1) is 0 Å². The van der Waals surface area contributed by atoms with Crippen molar-refractivity contribution >= 4 is 5.91 Å². The number of carbonyl (C=O) groups excluding carboxylic acids is 1. The molecule has 0 aromatic carbocycles. The molecule has 0 radical (unpaired) electrons. The van der Waals surface area contributed by atoms with Gasteiger partial charge in [0.1, 0.15) is 6.10 Å². The van der Waals surface area contributed by atoms with Gasteiger partial charge in [-0.3, -0.25) is 4.79 Å². The molecule has 0 bridgehead atoms. The van der Waals surface area contributed by atoms with Crippen molar-refractivity contribution in [2.24, 2.45) is 0 Å². The monoisotopic (exact) mass is 203 g/mol. The lowest BCUT2D eigenvalue weighted by Gasteiger charge is -2.27. The number of amides is 1. The highest BCUT2D eigenvalue weighted by Crippen LogP contribution is 2.13. The van der Waals surface area contributed by atoms with Crippen molar-refractivity contribution in [3.63, 3.8) is 0 Å². The number of rotatable bonds is 4. The lowest BCUT2D eigenvalue weighted by Crippen LogP contribution is -2.54. The van der Waals surface area contributed by atoms with Crippen LogP contribution < -0.4 is 5.32 Å². The second kappa shape index (κ2) is 4.72. The highest BCUT2D eigenvalue weighted by atomic mass is 16.5. The van der Waals surface area contributed by atoms with Crippen molar-refractivity contribution < 1.29 is 19.7 Å². The van der Waals surface area contributed by atoms with Gasteiger partial charge in [-0.25, -0.2) is 0 Å². The van der Waals surface area contributed by atoms with Gasteiger partial charge in [0.25, 0.3) is 0 Å². The molecule has 1 amide bonds. The molecule has 1 fully saturated rings. The van der Waals surface area contributed by atoms with Crippen molar-refractivity contribution in [3.8, 4) is 0 Å². The molecule has 0 aromatic rings. The Kier molecular flexibility index (Phi) is 3.86. The van der Waals surface area contributed by atoms with Crippen LogP contribution in [0.25, 0.3) is 0 Å². The first-order valence-corrected chi connectivity index (χ1v) is 4.76. The molecule has 1 heterocycles. The van der Waals surface area contributed by atoms with Crippen molar-refractivity contribution in [2.45, 2.75) is 31.4 Å². The summed E-state index contributed by atoms with van der Waals surface area (Å²) in [5.74, 6) is -0.256. The van der Waals surface area contributed by atoms with E-state index in [4.69, 9.17) is 14.9 Å². The van der Waals surface area contributed by atoms with Crippen LogP contribution in [-0.4, -0.2) is 47.6 Å². The SMILES string of the molecule is CC(CO)(CO)NC(=O)[C@H]1CCCO1. The van der Waals surface area contributed by atoms with Crippen LogP contribution >= 0.6 is 0 Å². The predicted octanol–water partition coefficient (Wildman–Crippen LogP) is -0.975. The molecule has 0 unspecified atom stereocenters. The molecular weight excluding hydrogens is 186 g/mol. The van der Waals surface area contributed by atoms with Gasteiger partial charge in [-0.1, -0.05) is 0 Å². The van der Waals surface area contributed by atoms with E-state index >= 15 is 0 Å². The average molecular weight is 203 g/mol. The summed E-state index contributed by atoms with van der Waals surface area (Å²) in [5.41, 5.74) is -0.955. The maximum Gasteiger partial charge on any atom is 0.249 e. The van der Waals surface area contributed by atoms with Crippen molar-refractivity contribution in [1.82, 2.24) is 5.32 Å². The smallest absolute Gasteiger partial charge is 0.249 e. The molecule has 0 aromatic heterocycles. The summed E-state index contributed by atoms with van der Waals surface area (Å²) in [5, 5.41) is 20.5. The summed E-state index contributed by atoms with van der Waals surface area (Å²) < 4.78 is 5.17. The van der Waals surface area contributed by atoms with E-state index in [0.717, 1.165) is 6.42 Å². The zero-order valence-corrected chi connectivity index (χ0v) is 8.32.